The van der Waals surface area contributed by atoms with Crippen molar-refractivity contribution in [1.29, 1.82) is 0 Å². The van der Waals surface area contributed by atoms with E-state index < -0.39 is 61.5 Å². The van der Waals surface area contributed by atoms with Gasteiger partial charge in [-0.15, -0.1) is 0 Å². The number of aliphatic hydroxyl groups excluding tert-OH is 6. The van der Waals surface area contributed by atoms with Crippen molar-refractivity contribution >= 4 is 5.91 Å². The van der Waals surface area contributed by atoms with Crippen LogP contribution in [-0.2, 0) is 14.3 Å². The summed E-state index contributed by atoms with van der Waals surface area (Å²) >= 11 is 0. The van der Waals surface area contributed by atoms with E-state index in [1.54, 1.807) is 6.08 Å². The molecule has 1 heterocycles. The number of carbonyl (C=O) groups is 1. The van der Waals surface area contributed by atoms with Gasteiger partial charge in [0.1, 0.15) is 30.5 Å². The predicted molar refractivity (Wildman–Crippen MR) is 227 cm³/mol. The summed E-state index contributed by atoms with van der Waals surface area (Å²) in [6, 6.07) is -0.999. The van der Waals surface area contributed by atoms with Crippen LogP contribution in [0.1, 0.15) is 187 Å². The van der Waals surface area contributed by atoms with Crippen LogP contribution in [0.3, 0.4) is 0 Å². The van der Waals surface area contributed by atoms with Crippen LogP contribution < -0.4 is 5.32 Å². The lowest BCUT2D eigenvalue weighted by molar-refractivity contribution is -0.302. The van der Waals surface area contributed by atoms with Crippen LogP contribution in [0.25, 0.3) is 0 Å². The number of nitrogens with one attached hydrogen (secondary N) is 1. The third-order valence-corrected chi connectivity index (χ3v) is 10.8. The van der Waals surface area contributed by atoms with E-state index in [0.717, 1.165) is 51.4 Å². The second-order valence-corrected chi connectivity index (χ2v) is 16.0. The molecule has 0 radical (unpaired) electrons. The third kappa shape index (κ3) is 26.4. The van der Waals surface area contributed by atoms with E-state index in [4.69, 9.17) is 9.47 Å². The van der Waals surface area contributed by atoms with E-state index in [1.807, 2.05) is 6.08 Å². The summed E-state index contributed by atoms with van der Waals surface area (Å²) in [5, 5.41) is 64.5. The maximum absolute atomic E-state index is 13.0. The summed E-state index contributed by atoms with van der Waals surface area (Å²) in [6.07, 6.45) is 33.9. The molecule has 0 aromatic rings. The second kappa shape index (κ2) is 36.4. The van der Waals surface area contributed by atoms with Crippen molar-refractivity contribution in [3.63, 3.8) is 0 Å². The van der Waals surface area contributed by atoms with Crippen LogP contribution in [0.2, 0.25) is 0 Å². The average Bonchev–Trinajstić information content (AvgIpc) is 3.20. The molecular formula is C46H85NO9. The quantitative estimate of drug-likeness (QED) is 0.0242. The molecule has 0 aromatic heterocycles. The summed E-state index contributed by atoms with van der Waals surface area (Å²) in [6.45, 7) is 3.50. The minimum Gasteiger partial charge on any atom is -0.394 e. The van der Waals surface area contributed by atoms with Gasteiger partial charge in [0, 0.05) is 0 Å². The van der Waals surface area contributed by atoms with Gasteiger partial charge in [0.2, 0.25) is 5.91 Å². The summed E-state index contributed by atoms with van der Waals surface area (Å²) in [7, 11) is 0. The van der Waals surface area contributed by atoms with Crippen LogP contribution in [0.15, 0.2) is 36.5 Å². The largest absolute Gasteiger partial charge is 0.394 e. The molecule has 1 rings (SSSR count). The van der Waals surface area contributed by atoms with Gasteiger partial charge in [-0.1, -0.05) is 185 Å². The number of hydrogen-bond acceptors (Lipinski definition) is 9. The first kappa shape index (κ1) is 52.4. The van der Waals surface area contributed by atoms with Crippen molar-refractivity contribution in [2.24, 2.45) is 0 Å². The summed E-state index contributed by atoms with van der Waals surface area (Å²) < 4.78 is 11.1. The van der Waals surface area contributed by atoms with Gasteiger partial charge in [-0.25, -0.2) is 0 Å². The van der Waals surface area contributed by atoms with Crippen molar-refractivity contribution < 1.29 is 44.9 Å². The van der Waals surface area contributed by atoms with Gasteiger partial charge in [-0.3, -0.25) is 4.79 Å². The molecule has 1 amide bonds. The van der Waals surface area contributed by atoms with E-state index in [9.17, 15) is 35.4 Å². The Labute approximate surface area is 341 Å². The van der Waals surface area contributed by atoms with Gasteiger partial charge in [0.05, 0.1) is 25.4 Å². The number of unbranched alkanes of at least 4 members (excludes halogenated alkanes) is 22. The lowest BCUT2D eigenvalue weighted by Gasteiger charge is -2.40. The van der Waals surface area contributed by atoms with Gasteiger partial charge in [-0.2, -0.15) is 0 Å². The van der Waals surface area contributed by atoms with Crippen molar-refractivity contribution in [3.05, 3.63) is 36.5 Å². The number of allylic oxidation sites excluding steroid dienone is 5. The number of amides is 1. The monoisotopic (exact) mass is 796 g/mol. The van der Waals surface area contributed by atoms with Crippen LogP contribution >= 0.6 is 0 Å². The standard InChI is InChI=1S/C46H85NO9/c1-3-5-7-9-11-13-15-16-17-18-19-20-21-22-23-25-27-29-31-33-35-40(50)45(54)47-38(37-55-46-44(53)43(52)42(51)41(36-48)56-46)39(49)34-32-30-28-26-24-14-12-10-8-6-4-2/h8,10,24,26,32,34,38-44,46,48-53H,3-7,9,11-23,25,27-31,33,35-37H2,1-2H3,(H,47,54)/b10-8+,26-24+,34-32+. The molecule has 10 nitrogen and oxygen atoms in total. The fourth-order valence-corrected chi connectivity index (χ4v) is 7.02. The molecule has 1 aliphatic rings. The highest BCUT2D eigenvalue weighted by Gasteiger charge is 2.44. The molecule has 1 aliphatic heterocycles. The molecule has 56 heavy (non-hydrogen) atoms. The third-order valence-electron chi connectivity index (χ3n) is 10.8. The number of aliphatic hydroxyl groups is 6. The van der Waals surface area contributed by atoms with E-state index in [1.165, 1.54) is 103 Å². The van der Waals surface area contributed by atoms with Gasteiger partial charge >= 0.3 is 0 Å². The number of rotatable bonds is 37. The summed E-state index contributed by atoms with van der Waals surface area (Å²) in [5.41, 5.74) is 0. The molecule has 7 N–H and O–H groups in total. The number of hydrogen-bond donors (Lipinski definition) is 7. The molecule has 0 aliphatic carbocycles. The van der Waals surface area contributed by atoms with Gasteiger partial charge in [-0.05, 0) is 38.5 Å². The first-order chi connectivity index (χ1) is 27.3. The van der Waals surface area contributed by atoms with Gasteiger partial charge < -0.3 is 45.4 Å². The zero-order valence-electron chi connectivity index (χ0n) is 35.5. The van der Waals surface area contributed by atoms with Crippen molar-refractivity contribution in [1.82, 2.24) is 5.32 Å². The van der Waals surface area contributed by atoms with Gasteiger partial charge in [0.25, 0.3) is 0 Å². The first-order valence-electron chi connectivity index (χ1n) is 22.8. The highest BCUT2D eigenvalue weighted by atomic mass is 16.7. The minimum atomic E-state index is -1.62. The second-order valence-electron chi connectivity index (χ2n) is 16.0. The zero-order chi connectivity index (χ0) is 41.1. The van der Waals surface area contributed by atoms with Crippen molar-refractivity contribution in [2.45, 2.75) is 236 Å². The molecule has 1 fully saturated rings. The topological polar surface area (TPSA) is 169 Å². The maximum Gasteiger partial charge on any atom is 0.249 e. The Kier molecular flexibility index (Phi) is 34.1. The van der Waals surface area contributed by atoms with Crippen LogP contribution in [0.4, 0.5) is 0 Å². The Bertz CT molecular complexity index is 990. The van der Waals surface area contributed by atoms with Crippen LogP contribution in [-0.4, -0.2) is 98.7 Å². The molecular weight excluding hydrogens is 711 g/mol. The van der Waals surface area contributed by atoms with Gasteiger partial charge in [0.15, 0.2) is 6.29 Å². The van der Waals surface area contributed by atoms with E-state index >= 15 is 0 Å². The molecule has 8 unspecified atom stereocenters. The Morgan fingerprint density at radius 2 is 1.05 bits per heavy atom. The molecule has 328 valence electrons. The Hall–Kier alpha value is -1.63. The molecule has 0 saturated carbocycles. The maximum atomic E-state index is 13.0. The van der Waals surface area contributed by atoms with E-state index in [2.05, 4.69) is 43.5 Å². The molecule has 0 bridgehead atoms. The zero-order valence-corrected chi connectivity index (χ0v) is 35.5. The number of ether oxygens (including phenoxy) is 2. The fraction of sp³-hybridized carbons (Fsp3) is 0.848. The summed E-state index contributed by atoms with van der Waals surface area (Å²) in [4.78, 5) is 13.0. The van der Waals surface area contributed by atoms with Crippen LogP contribution in [0, 0.1) is 0 Å². The molecule has 10 heteroatoms. The van der Waals surface area contributed by atoms with Crippen molar-refractivity contribution in [2.75, 3.05) is 13.2 Å². The number of carbonyl (C=O) groups excluding carboxylic acids is 1. The summed E-state index contributed by atoms with van der Waals surface area (Å²) in [5.74, 6) is -0.631. The van der Waals surface area contributed by atoms with Crippen LogP contribution in [0.5, 0.6) is 0 Å². The normalized spacial score (nSPS) is 22.0. The van der Waals surface area contributed by atoms with Crippen molar-refractivity contribution in [3.8, 4) is 0 Å². The minimum absolute atomic E-state index is 0.303. The predicted octanol–water partition coefficient (Wildman–Crippen LogP) is 8.25. The highest BCUT2D eigenvalue weighted by molar-refractivity contribution is 5.80. The fourth-order valence-electron chi connectivity index (χ4n) is 7.02. The molecule has 8 atom stereocenters. The highest BCUT2D eigenvalue weighted by Crippen LogP contribution is 2.22. The average molecular weight is 796 g/mol. The Morgan fingerprint density at radius 1 is 0.607 bits per heavy atom. The Morgan fingerprint density at radius 3 is 1.52 bits per heavy atom. The lowest BCUT2D eigenvalue weighted by atomic mass is 9.99. The SMILES string of the molecule is CCC/C=C/CC/C=C/CC/C=C/C(O)C(COC1OC(CO)C(O)C(O)C1O)NC(=O)C(O)CCCCCCCCCCCCCCCCCCCCCC. The van der Waals surface area contributed by atoms with E-state index in [0.29, 0.717) is 19.3 Å². The lowest BCUT2D eigenvalue weighted by Crippen LogP contribution is -2.60. The molecule has 0 spiro atoms. The molecule has 1 saturated heterocycles. The smallest absolute Gasteiger partial charge is 0.249 e. The first-order valence-corrected chi connectivity index (χ1v) is 22.8. The van der Waals surface area contributed by atoms with E-state index in [-0.39, 0.29) is 6.61 Å². The molecule has 0 aromatic carbocycles. The Balaban J connectivity index is 2.37.